The molecule has 0 saturated carbocycles. The predicted octanol–water partition coefficient (Wildman–Crippen LogP) is 1.81. The van der Waals surface area contributed by atoms with Gasteiger partial charge in [-0.1, -0.05) is 6.07 Å². The van der Waals surface area contributed by atoms with Crippen LogP contribution >= 0.6 is 11.3 Å². The van der Waals surface area contributed by atoms with E-state index in [2.05, 4.69) is 32.6 Å². The lowest BCUT2D eigenvalue weighted by Gasteiger charge is -2.29. The standard InChI is InChI=1S/C17H19N5OS/c1-22-6-4-12(5-7-22)19-17-20-14(16(23)21-17)8-11-2-3-13-15(9-11)24-10-18-13/h2-3,8-10,12H,4-7H2,1H3,(H2,19,20,21,23)/b14-8-. The topological polar surface area (TPSA) is 69.6 Å². The molecular weight excluding hydrogens is 322 g/mol. The summed E-state index contributed by atoms with van der Waals surface area (Å²) < 4.78 is 1.11. The van der Waals surface area contributed by atoms with Crippen LogP contribution in [0.5, 0.6) is 0 Å². The van der Waals surface area contributed by atoms with E-state index in [-0.39, 0.29) is 5.91 Å². The molecule has 0 unspecified atom stereocenters. The SMILES string of the molecule is CN1CCC(NC2=N/C(=C\c3ccc4ncsc4c3)C(=O)N2)CC1. The van der Waals surface area contributed by atoms with Crippen LogP contribution in [0.1, 0.15) is 18.4 Å². The van der Waals surface area contributed by atoms with Crippen LogP contribution in [0.25, 0.3) is 16.3 Å². The van der Waals surface area contributed by atoms with Crippen LogP contribution in [0.4, 0.5) is 0 Å². The van der Waals surface area contributed by atoms with Gasteiger partial charge in [0.2, 0.25) is 5.96 Å². The Bertz CT molecular complexity index is 832. The Morgan fingerprint density at radius 3 is 3.04 bits per heavy atom. The van der Waals surface area contributed by atoms with Gasteiger partial charge in [0.1, 0.15) is 5.70 Å². The van der Waals surface area contributed by atoms with Gasteiger partial charge in [-0.15, -0.1) is 11.3 Å². The molecule has 0 radical (unpaired) electrons. The number of aromatic nitrogens is 1. The highest BCUT2D eigenvalue weighted by molar-refractivity contribution is 7.16. The summed E-state index contributed by atoms with van der Waals surface area (Å²) >= 11 is 1.59. The first-order chi connectivity index (χ1) is 11.7. The molecular formula is C17H19N5OS. The van der Waals surface area contributed by atoms with E-state index in [9.17, 15) is 4.79 Å². The number of guanidine groups is 1. The maximum absolute atomic E-state index is 12.1. The van der Waals surface area contributed by atoms with E-state index in [0.29, 0.717) is 17.7 Å². The van der Waals surface area contributed by atoms with Gasteiger partial charge in [0.15, 0.2) is 0 Å². The van der Waals surface area contributed by atoms with Crippen molar-refractivity contribution < 1.29 is 4.79 Å². The molecule has 1 fully saturated rings. The number of piperidine rings is 1. The lowest BCUT2D eigenvalue weighted by molar-refractivity contribution is -0.115. The van der Waals surface area contributed by atoms with E-state index < -0.39 is 0 Å². The van der Waals surface area contributed by atoms with Crippen molar-refractivity contribution in [3.8, 4) is 0 Å². The number of amides is 1. The Balaban J connectivity index is 1.50. The van der Waals surface area contributed by atoms with E-state index in [0.717, 1.165) is 41.7 Å². The average Bonchev–Trinajstić information content (AvgIpc) is 3.16. The molecule has 2 N–H and O–H groups in total. The summed E-state index contributed by atoms with van der Waals surface area (Å²) in [5.41, 5.74) is 4.20. The zero-order valence-electron chi connectivity index (χ0n) is 13.5. The second-order valence-electron chi connectivity index (χ2n) is 6.25. The number of nitrogens with zero attached hydrogens (tertiary/aromatic N) is 3. The Kier molecular flexibility index (Phi) is 4.03. The van der Waals surface area contributed by atoms with Crippen LogP contribution < -0.4 is 10.6 Å². The first-order valence-electron chi connectivity index (χ1n) is 8.07. The molecule has 1 aromatic carbocycles. The Morgan fingerprint density at radius 1 is 1.38 bits per heavy atom. The van der Waals surface area contributed by atoms with Crippen molar-refractivity contribution in [3.05, 3.63) is 35.0 Å². The maximum atomic E-state index is 12.1. The minimum absolute atomic E-state index is 0.158. The zero-order valence-corrected chi connectivity index (χ0v) is 14.3. The summed E-state index contributed by atoms with van der Waals surface area (Å²) in [6.45, 7) is 2.13. The van der Waals surface area contributed by atoms with Gasteiger partial charge in [0, 0.05) is 6.04 Å². The number of nitrogens with one attached hydrogen (secondary N) is 2. The highest BCUT2D eigenvalue weighted by atomic mass is 32.1. The predicted molar refractivity (Wildman–Crippen MR) is 96.8 cm³/mol. The van der Waals surface area contributed by atoms with Gasteiger partial charge < -0.3 is 10.2 Å². The van der Waals surface area contributed by atoms with E-state index >= 15 is 0 Å². The van der Waals surface area contributed by atoms with Crippen LogP contribution in [-0.2, 0) is 4.79 Å². The van der Waals surface area contributed by atoms with Crippen molar-refractivity contribution in [2.24, 2.45) is 4.99 Å². The smallest absolute Gasteiger partial charge is 0.276 e. The van der Waals surface area contributed by atoms with Gasteiger partial charge in [-0.2, -0.15) is 0 Å². The second kappa shape index (κ2) is 6.33. The van der Waals surface area contributed by atoms with Crippen molar-refractivity contribution in [3.63, 3.8) is 0 Å². The number of rotatable bonds is 2. The molecule has 7 heteroatoms. The lowest BCUT2D eigenvalue weighted by atomic mass is 10.1. The lowest BCUT2D eigenvalue weighted by Crippen LogP contribution is -2.47. The number of hydrogen-bond donors (Lipinski definition) is 2. The van der Waals surface area contributed by atoms with E-state index in [1.54, 1.807) is 11.3 Å². The molecule has 24 heavy (non-hydrogen) atoms. The monoisotopic (exact) mass is 341 g/mol. The molecule has 1 saturated heterocycles. The Hall–Kier alpha value is -2.25. The van der Waals surface area contributed by atoms with E-state index in [4.69, 9.17) is 0 Å². The average molecular weight is 341 g/mol. The third kappa shape index (κ3) is 3.18. The number of likely N-dealkylation sites (tertiary alicyclic amines) is 1. The molecule has 3 heterocycles. The molecule has 2 aliphatic rings. The van der Waals surface area contributed by atoms with Gasteiger partial charge in [-0.05, 0) is 56.8 Å². The maximum Gasteiger partial charge on any atom is 0.276 e. The molecule has 1 amide bonds. The highest BCUT2D eigenvalue weighted by Gasteiger charge is 2.24. The summed E-state index contributed by atoms with van der Waals surface area (Å²) in [4.78, 5) is 23.1. The molecule has 4 rings (SSSR count). The van der Waals surface area contributed by atoms with Crippen LogP contribution in [0, 0.1) is 0 Å². The molecule has 2 aromatic rings. The number of hydrogen-bond acceptors (Lipinski definition) is 6. The summed E-state index contributed by atoms with van der Waals surface area (Å²) in [6, 6.07) is 6.32. The first-order valence-corrected chi connectivity index (χ1v) is 8.95. The molecule has 124 valence electrons. The second-order valence-corrected chi connectivity index (χ2v) is 7.13. The van der Waals surface area contributed by atoms with Gasteiger partial charge in [0.25, 0.3) is 5.91 Å². The summed E-state index contributed by atoms with van der Waals surface area (Å²) in [6.07, 6.45) is 3.94. The van der Waals surface area contributed by atoms with Crippen LogP contribution in [-0.4, -0.2) is 47.9 Å². The number of aliphatic imine (C=N–C) groups is 1. The number of benzene rings is 1. The largest absolute Gasteiger partial charge is 0.353 e. The molecule has 6 nitrogen and oxygen atoms in total. The third-order valence-electron chi connectivity index (χ3n) is 4.41. The number of fused-ring (bicyclic) bond motifs is 1. The molecule has 0 aliphatic carbocycles. The number of carbonyl (C=O) groups excluding carboxylic acids is 1. The van der Waals surface area contributed by atoms with Crippen molar-refractivity contribution in [1.29, 1.82) is 0 Å². The molecule has 2 aliphatic heterocycles. The van der Waals surface area contributed by atoms with Crippen molar-refractivity contribution in [2.45, 2.75) is 18.9 Å². The Labute approximate surface area is 144 Å². The highest BCUT2D eigenvalue weighted by Crippen LogP contribution is 2.21. The fourth-order valence-electron chi connectivity index (χ4n) is 3.00. The minimum Gasteiger partial charge on any atom is -0.353 e. The van der Waals surface area contributed by atoms with Gasteiger partial charge >= 0.3 is 0 Å². The van der Waals surface area contributed by atoms with Gasteiger partial charge in [-0.3, -0.25) is 10.1 Å². The quantitative estimate of drug-likeness (QED) is 0.818. The third-order valence-corrected chi connectivity index (χ3v) is 5.21. The summed E-state index contributed by atoms with van der Waals surface area (Å²) in [5, 5.41) is 6.18. The molecule has 0 atom stereocenters. The summed E-state index contributed by atoms with van der Waals surface area (Å²) in [7, 11) is 2.13. The molecule has 1 aromatic heterocycles. The van der Waals surface area contributed by atoms with Crippen LogP contribution in [0.15, 0.2) is 34.4 Å². The number of carbonyl (C=O) groups is 1. The van der Waals surface area contributed by atoms with Gasteiger partial charge in [0.05, 0.1) is 15.7 Å². The Morgan fingerprint density at radius 2 is 2.21 bits per heavy atom. The molecule has 0 bridgehead atoms. The number of thiazole rings is 1. The van der Waals surface area contributed by atoms with Crippen molar-refractivity contribution in [1.82, 2.24) is 20.5 Å². The van der Waals surface area contributed by atoms with Crippen LogP contribution in [0.2, 0.25) is 0 Å². The summed E-state index contributed by atoms with van der Waals surface area (Å²) in [5.74, 6) is 0.412. The van der Waals surface area contributed by atoms with Crippen LogP contribution in [0.3, 0.4) is 0 Å². The zero-order chi connectivity index (χ0) is 16.5. The molecule has 0 spiro atoms. The first kappa shape index (κ1) is 15.3. The van der Waals surface area contributed by atoms with E-state index in [1.165, 1.54) is 0 Å². The fraction of sp³-hybridized carbons (Fsp3) is 0.353. The van der Waals surface area contributed by atoms with Crippen molar-refractivity contribution >= 4 is 39.5 Å². The fourth-order valence-corrected chi connectivity index (χ4v) is 3.73. The normalized spacial score (nSPS) is 21.3. The van der Waals surface area contributed by atoms with Gasteiger partial charge in [-0.25, -0.2) is 9.98 Å². The minimum atomic E-state index is -0.158. The van der Waals surface area contributed by atoms with E-state index in [1.807, 2.05) is 29.8 Å². The van der Waals surface area contributed by atoms with Crippen molar-refractivity contribution in [2.75, 3.05) is 20.1 Å².